The van der Waals surface area contributed by atoms with Gasteiger partial charge in [0, 0.05) is 11.6 Å². The minimum Gasteiger partial charge on any atom is -0.507 e. The lowest BCUT2D eigenvalue weighted by Crippen LogP contribution is -2.37. The third kappa shape index (κ3) is 4.09. The predicted octanol–water partition coefficient (Wildman–Crippen LogP) is 4.85. The van der Waals surface area contributed by atoms with Crippen molar-refractivity contribution in [3.63, 3.8) is 0 Å². The van der Waals surface area contributed by atoms with Gasteiger partial charge in [0.25, 0.3) is 11.7 Å². The van der Waals surface area contributed by atoms with Crippen LogP contribution in [0.4, 0.5) is 0 Å². The Bertz CT molecular complexity index is 1050. The van der Waals surface area contributed by atoms with Crippen LogP contribution in [0, 0.1) is 0 Å². The fraction of sp³-hybridized carbons (Fsp3) is 0.385. The number of amides is 1. The topological polar surface area (TPSA) is 76.1 Å². The zero-order valence-electron chi connectivity index (χ0n) is 18.7. The molecule has 2 aromatic carbocycles. The molecule has 0 aromatic heterocycles. The van der Waals surface area contributed by atoms with Gasteiger partial charge in [-0.3, -0.25) is 9.59 Å². The number of Topliss-reactive ketones (excluding diaryl/α,β-unsaturated/α-hetero) is 1. The van der Waals surface area contributed by atoms with Gasteiger partial charge in [0.15, 0.2) is 0 Å². The molecule has 0 spiro atoms. The molecule has 4 rings (SSSR count). The number of carbonyl (C=O) groups excluding carboxylic acids is 2. The van der Waals surface area contributed by atoms with E-state index in [2.05, 4.69) is 0 Å². The van der Waals surface area contributed by atoms with Crippen LogP contribution in [0.15, 0.2) is 54.1 Å². The molecule has 1 aliphatic heterocycles. The Hall–Kier alpha value is -3.28. The monoisotopic (exact) mass is 435 g/mol. The summed E-state index contributed by atoms with van der Waals surface area (Å²) in [5, 5.41) is 11.2. The molecule has 1 saturated heterocycles. The largest absolute Gasteiger partial charge is 0.507 e. The molecule has 1 unspecified atom stereocenters. The summed E-state index contributed by atoms with van der Waals surface area (Å²) >= 11 is 0. The molecule has 2 fully saturated rings. The Balaban J connectivity index is 1.87. The molecule has 0 bridgehead atoms. The van der Waals surface area contributed by atoms with Crippen LogP contribution < -0.4 is 9.47 Å². The highest BCUT2D eigenvalue weighted by molar-refractivity contribution is 6.46. The Morgan fingerprint density at radius 3 is 2.41 bits per heavy atom. The average molecular weight is 436 g/mol. The van der Waals surface area contributed by atoms with Crippen molar-refractivity contribution in [1.29, 1.82) is 0 Å². The smallest absolute Gasteiger partial charge is 0.295 e. The maximum Gasteiger partial charge on any atom is 0.295 e. The lowest BCUT2D eigenvalue weighted by atomic mass is 9.94. The van der Waals surface area contributed by atoms with Gasteiger partial charge in [-0.1, -0.05) is 37.1 Å². The molecule has 1 atom stereocenters. The number of hydrogen-bond acceptors (Lipinski definition) is 5. The summed E-state index contributed by atoms with van der Waals surface area (Å²) in [6, 6.07) is 13.6. The summed E-state index contributed by atoms with van der Waals surface area (Å²) in [5.74, 6) is -0.180. The van der Waals surface area contributed by atoms with Gasteiger partial charge < -0.3 is 19.5 Å². The van der Waals surface area contributed by atoms with Crippen molar-refractivity contribution in [2.24, 2.45) is 0 Å². The lowest BCUT2D eigenvalue weighted by molar-refractivity contribution is -0.141. The Morgan fingerprint density at radius 2 is 1.72 bits per heavy atom. The number of carbonyl (C=O) groups is 2. The van der Waals surface area contributed by atoms with E-state index < -0.39 is 17.7 Å². The Morgan fingerprint density at radius 1 is 1.03 bits per heavy atom. The second-order valence-corrected chi connectivity index (χ2v) is 8.62. The first-order chi connectivity index (χ1) is 15.4. The number of nitrogens with zero attached hydrogens (tertiary/aromatic N) is 1. The number of rotatable bonds is 6. The number of benzene rings is 2. The van der Waals surface area contributed by atoms with Crippen LogP contribution in [0.1, 0.15) is 56.7 Å². The molecule has 32 heavy (non-hydrogen) atoms. The Labute approximate surface area is 188 Å². The van der Waals surface area contributed by atoms with Gasteiger partial charge in [-0.2, -0.15) is 0 Å². The third-order valence-electron chi connectivity index (χ3n) is 6.09. The molecule has 1 amide bonds. The van der Waals surface area contributed by atoms with Crippen molar-refractivity contribution < 1.29 is 24.2 Å². The summed E-state index contributed by atoms with van der Waals surface area (Å²) in [7, 11) is 1.54. The number of likely N-dealkylation sites (tertiary alicyclic amines) is 1. The van der Waals surface area contributed by atoms with Crippen LogP contribution >= 0.6 is 0 Å². The molecule has 1 heterocycles. The number of methoxy groups -OCH3 is 1. The predicted molar refractivity (Wildman–Crippen MR) is 122 cm³/mol. The number of hydrogen-bond donors (Lipinski definition) is 1. The first-order valence-electron chi connectivity index (χ1n) is 11.1. The molecule has 6 nitrogen and oxygen atoms in total. The zero-order valence-corrected chi connectivity index (χ0v) is 18.7. The van der Waals surface area contributed by atoms with Gasteiger partial charge in [-0.15, -0.1) is 0 Å². The molecule has 1 saturated carbocycles. The van der Waals surface area contributed by atoms with Gasteiger partial charge in [-0.05, 0) is 56.5 Å². The van der Waals surface area contributed by atoms with Crippen molar-refractivity contribution in [1.82, 2.24) is 4.90 Å². The second-order valence-electron chi connectivity index (χ2n) is 8.62. The summed E-state index contributed by atoms with van der Waals surface area (Å²) in [5.41, 5.74) is 1.30. The highest BCUT2D eigenvalue weighted by atomic mass is 16.5. The highest BCUT2D eigenvalue weighted by Crippen LogP contribution is 2.44. The van der Waals surface area contributed by atoms with Crippen LogP contribution in [0.3, 0.4) is 0 Å². The zero-order chi connectivity index (χ0) is 22.8. The van der Waals surface area contributed by atoms with Crippen LogP contribution in [0.25, 0.3) is 5.76 Å². The third-order valence-corrected chi connectivity index (χ3v) is 6.09. The van der Waals surface area contributed by atoms with E-state index in [4.69, 9.17) is 9.47 Å². The molecule has 1 N–H and O–H groups in total. The molecule has 6 heteroatoms. The van der Waals surface area contributed by atoms with E-state index in [0.717, 1.165) is 31.2 Å². The van der Waals surface area contributed by atoms with E-state index in [9.17, 15) is 14.7 Å². The number of ether oxygens (including phenoxy) is 2. The fourth-order valence-corrected chi connectivity index (χ4v) is 4.69. The summed E-state index contributed by atoms with van der Waals surface area (Å²) in [6.45, 7) is 3.89. The average Bonchev–Trinajstić information content (AvgIpc) is 3.40. The molecular weight excluding hydrogens is 406 g/mol. The van der Waals surface area contributed by atoms with E-state index >= 15 is 0 Å². The van der Waals surface area contributed by atoms with Gasteiger partial charge >= 0.3 is 0 Å². The van der Waals surface area contributed by atoms with Gasteiger partial charge in [0.05, 0.1) is 24.8 Å². The van der Waals surface area contributed by atoms with Crippen molar-refractivity contribution in [3.8, 4) is 11.5 Å². The van der Waals surface area contributed by atoms with E-state index in [1.165, 1.54) is 0 Å². The Kier molecular flexibility index (Phi) is 6.21. The van der Waals surface area contributed by atoms with E-state index in [1.54, 1.807) is 36.3 Å². The van der Waals surface area contributed by atoms with Gasteiger partial charge in [0.2, 0.25) is 0 Å². The van der Waals surface area contributed by atoms with Gasteiger partial charge in [0.1, 0.15) is 17.3 Å². The maximum absolute atomic E-state index is 13.2. The molecular formula is C26H29NO5. The molecule has 0 radical (unpaired) electrons. The van der Waals surface area contributed by atoms with E-state index in [0.29, 0.717) is 17.1 Å². The fourth-order valence-electron chi connectivity index (χ4n) is 4.69. The van der Waals surface area contributed by atoms with E-state index in [1.807, 2.05) is 38.1 Å². The quantitative estimate of drug-likeness (QED) is 0.399. The normalized spacial score (nSPS) is 20.9. The minimum absolute atomic E-state index is 0.0109. The van der Waals surface area contributed by atoms with Crippen molar-refractivity contribution in [2.45, 2.75) is 57.7 Å². The van der Waals surface area contributed by atoms with Crippen LogP contribution in [-0.4, -0.2) is 41.0 Å². The minimum atomic E-state index is -0.667. The van der Waals surface area contributed by atoms with Crippen molar-refractivity contribution >= 4 is 17.4 Å². The first-order valence-corrected chi connectivity index (χ1v) is 11.1. The molecule has 2 aliphatic rings. The van der Waals surface area contributed by atoms with E-state index in [-0.39, 0.29) is 23.5 Å². The number of aliphatic hydroxyl groups excluding tert-OH is 1. The summed E-state index contributed by atoms with van der Waals surface area (Å²) in [6.07, 6.45) is 3.73. The molecule has 1 aliphatic carbocycles. The molecule has 2 aromatic rings. The first kappa shape index (κ1) is 21.9. The lowest BCUT2D eigenvalue weighted by Gasteiger charge is -2.31. The van der Waals surface area contributed by atoms with Crippen molar-refractivity contribution in [3.05, 3.63) is 65.2 Å². The SMILES string of the molecule is COc1cccc(/C(O)=C2/C(=O)C(=O)N(C3CCCC3)C2c2cccc(OC(C)C)c2)c1. The number of aliphatic hydroxyl groups is 1. The maximum atomic E-state index is 13.2. The van der Waals surface area contributed by atoms with Crippen LogP contribution in [0.5, 0.6) is 11.5 Å². The number of ketones is 1. The van der Waals surface area contributed by atoms with Crippen LogP contribution in [-0.2, 0) is 9.59 Å². The van der Waals surface area contributed by atoms with Gasteiger partial charge in [-0.25, -0.2) is 0 Å². The second kappa shape index (κ2) is 9.07. The molecule has 168 valence electrons. The standard InChI is InChI=1S/C26H29NO5/c1-16(2)32-21-13-6-8-17(14-21)23-22(24(28)18-9-7-12-20(15-18)31-3)25(29)26(30)27(23)19-10-4-5-11-19/h6-9,12-16,19,23,28H,4-5,10-11H2,1-3H3/b24-22-. The van der Waals surface area contributed by atoms with Crippen LogP contribution in [0.2, 0.25) is 0 Å². The highest BCUT2D eigenvalue weighted by Gasteiger charge is 2.49. The summed E-state index contributed by atoms with van der Waals surface area (Å²) in [4.78, 5) is 28.1. The summed E-state index contributed by atoms with van der Waals surface area (Å²) < 4.78 is 11.1. The van der Waals surface area contributed by atoms with Crippen molar-refractivity contribution in [2.75, 3.05) is 7.11 Å².